The topological polar surface area (TPSA) is 40.5 Å². The number of carbonyl (C=O) groups is 1. The predicted molar refractivity (Wildman–Crippen MR) is 42.9 cm³/mol. The molecule has 0 saturated carbocycles. The third-order valence-corrected chi connectivity index (χ3v) is 2.69. The zero-order chi connectivity index (χ0) is 8.65. The summed E-state index contributed by atoms with van der Waals surface area (Å²) >= 11 is 5.83. The van der Waals surface area contributed by atoms with E-state index in [4.69, 9.17) is 16.7 Å². The molecule has 64 valence electrons. The predicted octanol–water partition coefficient (Wildman–Crippen LogP) is 0.773. The number of carboxylic acid groups (broad SMARTS) is 1. The zero-order valence-corrected chi connectivity index (χ0v) is 7.43. The lowest BCUT2D eigenvalue weighted by atomic mass is 10.00. The van der Waals surface area contributed by atoms with E-state index in [0.717, 1.165) is 0 Å². The first-order chi connectivity index (χ1) is 4.97. The van der Waals surface area contributed by atoms with Crippen LogP contribution in [0, 0.1) is 0 Å². The van der Waals surface area contributed by atoms with Crippen LogP contribution in [-0.2, 0) is 4.79 Å². The number of likely N-dealkylation sites (tertiary alicyclic amines) is 1. The van der Waals surface area contributed by atoms with Gasteiger partial charge in [0.05, 0.1) is 0 Å². The van der Waals surface area contributed by atoms with Crippen molar-refractivity contribution in [2.24, 2.45) is 0 Å². The Balaban J connectivity index is 2.79. The van der Waals surface area contributed by atoms with Crippen molar-refractivity contribution >= 4 is 17.6 Å². The number of rotatable bonds is 1. The number of alkyl halides is 1. The highest BCUT2D eigenvalue weighted by Gasteiger charge is 2.45. The van der Waals surface area contributed by atoms with Crippen molar-refractivity contribution < 1.29 is 9.90 Å². The maximum Gasteiger partial charge on any atom is 0.323 e. The number of likely N-dealkylation sites (N-methyl/N-ethyl adjacent to an activating group) is 1. The Morgan fingerprint density at radius 3 is 2.55 bits per heavy atom. The number of nitrogens with zero attached hydrogens (tertiary/aromatic N) is 1. The van der Waals surface area contributed by atoms with E-state index in [1.54, 1.807) is 18.9 Å². The van der Waals surface area contributed by atoms with Crippen molar-refractivity contribution in [1.82, 2.24) is 4.90 Å². The number of hydrogen-bond acceptors (Lipinski definition) is 2. The van der Waals surface area contributed by atoms with Crippen LogP contribution in [0.25, 0.3) is 0 Å². The minimum atomic E-state index is -0.789. The smallest absolute Gasteiger partial charge is 0.323 e. The first-order valence-electron chi connectivity index (χ1n) is 3.55. The highest BCUT2D eigenvalue weighted by molar-refractivity contribution is 6.21. The summed E-state index contributed by atoms with van der Waals surface area (Å²) in [5.41, 5.74) is -0.758. The van der Waals surface area contributed by atoms with Gasteiger partial charge in [0.25, 0.3) is 0 Å². The molecule has 1 saturated heterocycles. The van der Waals surface area contributed by atoms with E-state index in [2.05, 4.69) is 0 Å². The Morgan fingerprint density at radius 1 is 1.82 bits per heavy atom. The Kier molecular flexibility index (Phi) is 2.12. The van der Waals surface area contributed by atoms with Gasteiger partial charge in [-0.15, -0.1) is 11.6 Å². The van der Waals surface area contributed by atoms with Gasteiger partial charge < -0.3 is 5.11 Å². The molecule has 1 aliphatic heterocycles. The molecule has 0 spiro atoms. The van der Waals surface area contributed by atoms with Crippen LogP contribution in [0.15, 0.2) is 0 Å². The van der Waals surface area contributed by atoms with Crippen LogP contribution in [0.1, 0.15) is 13.3 Å². The van der Waals surface area contributed by atoms with E-state index in [1.165, 1.54) is 0 Å². The third-order valence-electron chi connectivity index (χ3n) is 2.39. The van der Waals surface area contributed by atoms with E-state index in [0.29, 0.717) is 13.0 Å². The third kappa shape index (κ3) is 1.35. The van der Waals surface area contributed by atoms with E-state index in [-0.39, 0.29) is 5.38 Å². The van der Waals surface area contributed by atoms with Crippen LogP contribution in [0.2, 0.25) is 0 Å². The summed E-state index contributed by atoms with van der Waals surface area (Å²) in [6.07, 6.45) is 0.528. The van der Waals surface area contributed by atoms with E-state index >= 15 is 0 Å². The van der Waals surface area contributed by atoms with Crippen molar-refractivity contribution in [3.8, 4) is 0 Å². The van der Waals surface area contributed by atoms with Crippen molar-refractivity contribution in [3.05, 3.63) is 0 Å². The lowest BCUT2D eigenvalue weighted by Gasteiger charge is -2.26. The van der Waals surface area contributed by atoms with Crippen molar-refractivity contribution in [1.29, 1.82) is 0 Å². The lowest BCUT2D eigenvalue weighted by molar-refractivity contribution is -0.147. The van der Waals surface area contributed by atoms with Crippen LogP contribution in [-0.4, -0.2) is 40.5 Å². The number of carboxylic acids is 1. The molecule has 1 fully saturated rings. The summed E-state index contributed by atoms with van der Waals surface area (Å²) in [4.78, 5) is 12.6. The van der Waals surface area contributed by atoms with Crippen LogP contribution in [0.4, 0.5) is 0 Å². The van der Waals surface area contributed by atoms with Crippen molar-refractivity contribution in [3.63, 3.8) is 0 Å². The van der Waals surface area contributed by atoms with E-state index in [9.17, 15) is 4.79 Å². The van der Waals surface area contributed by atoms with Gasteiger partial charge in [-0.2, -0.15) is 0 Å². The molecule has 0 radical (unpaired) electrons. The fraction of sp³-hybridized carbons (Fsp3) is 0.857. The molecule has 1 rings (SSSR count). The van der Waals surface area contributed by atoms with Gasteiger partial charge in [0.15, 0.2) is 0 Å². The number of hydrogen-bond donors (Lipinski definition) is 1. The second-order valence-electron chi connectivity index (χ2n) is 3.26. The highest BCUT2D eigenvalue weighted by Crippen LogP contribution is 2.30. The van der Waals surface area contributed by atoms with Crippen LogP contribution >= 0.6 is 11.6 Å². The van der Waals surface area contributed by atoms with Crippen molar-refractivity contribution in [2.75, 3.05) is 13.6 Å². The standard InChI is InChI=1S/C7H12ClNO2/c1-7(6(10)11)3-5(8)4-9(7)2/h5H,3-4H2,1-2H3,(H,10,11). The Labute approximate surface area is 70.9 Å². The second kappa shape index (κ2) is 2.64. The molecule has 11 heavy (non-hydrogen) atoms. The van der Waals surface area contributed by atoms with Gasteiger partial charge in [0.2, 0.25) is 0 Å². The van der Waals surface area contributed by atoms with E-state index in [1.807, 2.05) is 0 Å². The maximum absolute atomic E-state index is 10.8. The molecule has 0 amide bonds. The molecule has 1 N–H and O–H groups in total. The fourth-order valence-corrected chi connectivity index (χ4v) is 1.91. The molecular formula is C7H12ClNO2. The average Bonchev–Trinajstić information content (AvgIpc) is 2.08. The van der Waals surface area contributed by atoms with Gasteiger partial charge in [0, 0.05) is 11.9 Å². The summed E-state index contributed by atoms with van der Waals surface area (Å²) in [5, 5.41) is 8.83. The number of aliphatic carboxylic acids is 1. The molecular weight excluding hydrogens is 166 g/mol. The highest BCUT2D eigenvalue weighted by atomic mass is 35.5. The zero-order valence-electron chi connectivity index (χ0n) is 6.67. The number of halogens is 1. The molecule has 0 aromatic carbocycles. The molecule has 3 nitrogen and oxygen atoms in total. The quantitative estimate of drug-likeness (QED) is 0.602. The van der Waals surface area contributed by atoms with Gasteiger partial charge in [-0.1, -0.05) is 0 Å². The second-order valence-corrected chi connectivity index (χ2v) is 3.88. The van der Waals surface area contributed by atoms with Gasteiger partial charge in [-0.25, -0.2) is 0 Å². The SMILES string of the molecule is CN1CC(Cl)CC1(C)C(=O)O. The van der Waals surface area contributed by atoms with Gasteiger partial charge >= 0.3 is 5.97 Å². The molecule has 0 aromatic rings. The molecule has 0 aliphatic carbocycles. The summed E-state index contributed by atoms with van der Waals surface area (Å²) in [6.45, 7) is 2.36. The average molecular weight is 178 g/mol. The summed E-state index contributed by atoms with van der Waals surface area (Å²) in [7, 11) is 1.79. The Hall–Kier alpha value is -0.280. The minimum Gasteiger partial charge on any atom is -0.480 e. The minimum absolute atomic E-state index is 0.0268. The summed E-state index contributed by atoms with van der Waals surface area (Å²) in [5.74, 6) is -0.789. The first-order valence-corrected chi connectivity index (χ1v) is 3.99. The summed E-state index contributed by atoms with van der Waals surface area (Å²) in [6, 6.07) is 0. The fourth-order valence-electron chi connectivity index (χ4n) is 1.40. The maximum atomic E-state index is 10.8. The first kappa shape index (κ1) is 8.81. The molecule has 0 aromatic heterocycles. The van der Waals surface area contributed by atoms with Crippen molar-refractivity contribution in [2.45, 2.75) is 24.3 Å². The molecule has 2 unspecified atom stereocenters. The molecule has 1 aliphatic rings. The normalized spacial score (nSPS) is 39.4. The van der Waals surface area contributed by atoms with Crippen LogP contribution in [0.5, 0.6) is 0 Å². The summed E-state index contributed by atoms with van der Waals surface area (Å²) < 4.78 is 0. The molecule has 1 heterocycles. The largest absolute Gasteiger partial charge is 0.480 e. The van der Waals surface area contributed by atoms with Crippen LogP contribution in [0.3, 0.4) is 0 Å². The Morgan fingerprint density at radius 2 is 2.36 bits per heavy atom. The van der Waals surface area contributed by atoms with Gasteiger partial charge in [-0.3, -0.25) is 9.69 Å². The van der Waals surface area contributed by atoms with Gasteiger partial charge in [0.1, 0.15) is 5.54 Å². The molecule has 2 atom stereocenters. The van der Waals surface area contributed by atoms with E-state index < -0.39 is 11.5 Å². The van der Waals surface area contributed by atoms with Crippen LogP contribution < -0.4 is 0 Å². The monoisotopic (exact) mass is 177 g/mol. The Bertz CT molecular complexity index is 185. The molecule has 4 heteroatoms. The lowest BCUT2D eigenvalue weighted by Crippen LogP contribution is -2.45. The van der Waals surface area contributed by atoms with Gasteiger partial charge in [-0.05, 0) is 20.4 Å². The molecule has 0 bridgehead atoms.